The summed E-state index contributed by atoms with van der Waals surface area (Å²) in [4.78, 5) is 14.3. The molecule has 0 bridgehead atoms. The summed E-state index contributed by atoms with van der Waals surface area (Å²) in [5.41, 5.74) is -0.623. The number of benzene rings is 1. The van der Waals surface area contributed by atoms with Crippen LogP contribution in [0, 0.1) is 11.6 Å². The van der Waals surface area contributed by atoms with E-state index in [-0.39, 0.29) is 12.4 Å². The van der Waals surface area contributed by atoms with Crippen molar-refractivity contribution >= 4 is 17.7 Å². The molecule has 1 aliphatic rings. The fraction of sp³-hybridized carbons (Fsp3) is 0.438. The van der Waals surface area contributed by atoms with Crippen LogP contribution in [0.15, 0.2) is 27.8 Å². The van der Waals surface area contributed by atoms with Crippen molar-refractivity contribution in [1.82, 2.24) is 20.4 Å². The molecule has 1 aliphatic heterocycles. The minimum Gasteiger partial charge on any atom is -0.414 e. The second-order valence-corrected chi connectivity index (χ2v) is 6.68. The number of aromatic nitrogens is 2. The second kappa shape index (κ2) is 8.39. The van der Waals surface area contributed by atoms with Crippen molar-refractivity contribution in [2.45, 2.75) is 24.6 Å². The van der Waals surface area contributed by atoms with Crippen LogP contribution in [0.25, 0.3) is 0 Å². The predicted molar refractivity (Wildman–Crippen MR) is 88.2 cm³/mol. The number of hydrogen-bond acceptors (Lipinski definition) is 6. The molecule has 134 valence electrons. The van der Waals surface area contributed by atoms with Crippen LogP contribution in [0.3, 0.4) is 0 Å². The van der Waals surface area contributed by atoms with Gasteiger partial charge in [0.15, 0.2) is 0 Å². The molecular formula is C16H18F2N4O2S. The molecule has 2 aromatic rings. The highest BCUT2D eigenvalue weighted by molar-refractivity contribution is 7.99. The Kier molecular flexibility index (Phi) is 5.98. The third-order valence-corrected chi connectivity index (χ3v) is 4.67. The Labute approximate surface area is 148 Å². The van der Waals surface area contributed by atoms with Crippen LogP contribution >= 0.6 is 11.8 Å². The lowest BCUT2D eigenvalue weighted by Gasteiger charge is -2.12. The number of carbonyl (C=O) groups excluding carboxylic acids is 1. The van der Waals surface area contributed by atoms with Crippen molar-refractivity contribution in [3.63, 3.8) is 0 Å². The predicted octanol–water partition coefficient (Wildman–Crippen LogP) is 2.47. The maximum atomic E-state index is 13.5. The smallest absolute Gasteiger partial charge is 0.276 e. The van der Waals surface area contributed by atoms with Crippen LogP contribution in [0.4, 0.5) is 8.78 Å². The number of amides is 1. The molecular weight excluding hydrogens is 350 g/mol. The SMILES string of the molecule is O=C(NCc1nnc(SCCN2CCCC2)o1)c1c(F)cccc1F. The minimum absolute atomic E-state index is 0.0910. The number of likely N-dealkylation sites (tertiary alicyclic amines) is 1. The molecule has 0 aliphatic carbocycles. The fourth-order valence-corrected chi connectivity index (χ4v) is 3.37. The highest BCUT2D eigenvalue weighted by Crippen LogP contribution is 2.18. The van der Waals surface area contributed by atoms with Crippen molar-refractivity contribution in [2.75, 3.05) is 25.4 Å². The van der Waals surface area contributed by atoms with E-state index in [0.29, 0.717) is 5.22 Å². The maximum Gasteiger partial charge on any atom is 0.276 e. The van der Waals surface area contributed by atoms with Gasteiger partial charge >= 0.3 is 0 Å². The summed E-state index contributed by atoms with van der Waals surface area (Å²) in [6.07, 6.45) is 2.50. The van der Waals surface area contributed by atoms with Crippen molar-refractivity contribution in [3.05, 3.63) is 41.3 Å². The average molecular weight is 368 g/mol. The first-order chi connectivity index (χ1) is 12.1. The average Bonchev–Trinajstić information content (AvgIpc) is 3.25. The molecule has 0 saturated carbocycles. The molecule has 1 aromatic heterocycles. The molecule has 1 fully saturated rings. The lowest BCUT2D eigenvalue weighted by Crippen LogP contribution is -2.25. The van der Waals surface area contributed by atoms with E-state index in [9.17, 15) is 13.6 Å². The van der Waals surface area contributed by atoms with Gasteiger partial charge in [0, 0.05) is 12.3 Å². The van der Waals surface area contributed by atoms with Gasteiger partial charge < -0.3 is 14.6 Å². The lowest BCUT2D eigenvalue weighted by atomic mass is 10.2. The molecule has 1 N–H and O–H groups in total. The normalized spacial score (nSPS) is 14.8. The van der Waals surface area contributed by atoms with Gasteiger partial charge in [-0.15, -0.1) is 10.2 Å². The Morgan fingerprint density at radius 2 is 1.96 bits per heavy atom. The molecule has 0 radical (unpaired) electrons. The number of rotatable bonds is 7. The number of carbonyl (C=O) groups is 1. The van der Waals surface area contributed by atoms with Gasteiger partial charge in [-0.2, -0.15) is 0 Å². The van der Waals surface area contributed by atoms with Crippen LogP contribution in [-0.2, 0) is 6.54 Å². The summed E-state index contributed by atoms with van der Waals surface area (Å²) in [6.45, 7) is 3.14. The molecule has 3 rings (SSSR count). The molecule has 1 saturated heterocycles. The highest BCUT2D eigenvalue weighted by Gasteiger charge is 2.18. The Balaban J connectivity index is 1.47. The lowest BCUT2D eigenvalue weighted by molar-refractivity contribution is 0.0938. The highest BCUT2D eigenvalue weighted by atomic mass is 32.2. The Morgan fingerprint density at radius 3 is 2.68 bits per heavy atom. The van der Waals surface area contributed by atoms with E-state index in [1.807, 2.05) is 0 Å². The van der Waals surface area contributed by atoms with Crippen LogP contribution in [-0.4, -0.2) is 46.4 Å². The van der Waals surface area contributed by atoms with Gasteiger partial charge in [-0.1, -0.05) is 17.8 Å². The topological polar surface area (TPSA) is 71.3 Å². The van der Waals surface area contributed by atoms with Gasteiger partial charge in [-0.3, -0.25) is 4.79 Å². The summed E-state index contributed by atoms with van der Waals surface area (Å²) in [5.74, 6) is -1.66. The van der Waals surface area contributed by atoms with Crippen LogP contribution in [0.1, 0.15) is 29.1 Å². The van der Waals surface area contributed by atoms with Crippen molar-refractivity contribution < 1.29 is 18.0 Å². The van der Waals surface area contributed by atoms with Crippen molar-refractivity contribution in [2.24, 2.45) is 0 Å². The molecule has 2 heterocycles. The van der Waals surface area contributed by atoms with Crippen LogP contribution in [0.5, 0.6) is 0 Å². The molecule has 25 heavy (non-hydrogen) atoms. The third kappa shape index (κ3) is 4.76. The molecule has 0 spiro atoms. The van der Waals surface area contributed by atoms with E-state index in [4.69, 9.17) is 4.42 Å². The fourth-order valence-electron chi connectivity index (χ4n) is 2.60. The van der Waals surface area contributed by atoms with Crippen molar-refractivity contribution in [3.8, 4) is 0 Å². The number of nitrogens with one attached hydrogen (secondary N) is 1. The molecule has 6 nitrogen and oxygen atoms in total. The van der Waals surface area contributed by atoms with Gasteiger partial charge in [-0.25, -0.2) is 8.78 Å². The van der Waals surface area contributed by atoms with Crippen LogP contribution in [0.2, 0.25) is 0 Å². The van der Waals surface area contributed by atoms with Gasteiger partial charge in [0.05, 0.1) is 6.54 Å². The van der Waals surface area contributed by atoms with E-state index < -0.39 is 23.1 Å². The standard InChI is InChI=1S/C16H18F2N4O2S/c17-11-4-3-5-12(18)14(11)15(23)19-10-13-20-21-16(24-13)25-9-8-22-6-1-2-7-22/h3-5H,1-2,6-10H2,(H,19,23). The van der Waals surface area contributed by atoms with Crippen LogP contribution < -0.4 is 5.32 Å². The first kappa shape index (κ1) is 17.8. The Morgan fingerprint density at radius 1 is 1.24 bits per heavy atom. The molecule has 0 unspecified atom stereocenters. The van der Waals surface area contributed by atoms with Gasteiger partial charge in [0.2, 0.25) is 5.89 Å². The molecule has 1 aromatic carbocycles. The summed E-state index contributed by atoms with van der Waals surface area (Å²) < 4.78 is 32.5. The first-order valence-electron chi connectivity index (χ1n) is 8.03. The minimum atomic E-state index is -0.916. The largest absolute Gasteiger partial charge is 0.414 e. The number of nitrogens with zero attached hydrogens (tertiary/aromatic N) is 3. The quantitative estimate of drug-likeness (QED) is 0.757. The Hall–Kier alpha value is -2.00. The summed E-state index contributed by atoms with van der Waals surface area (Å²) in [6, 6.07) is 3.25. The van der Waals surface area contributed by atoms with E-state index >= 15 is 0 Å². The molecule has 1 amide bonds. The monoisotopic (exact) mass is 368 g/mol. The van der Waals surface area contributed by atoms with Gasteiger partial charge in [0.1, 0.15) is 17.2 Å². The zero-order valence-corrected chi connectivity index (χ0v) is 14.3. The zero-order chi connectivity index (χ0) is 17.6. The third-order valence-electron chi connectivity index (χ3n) is 3.87. The van der Waals surface area contributed by atoms with E-state index in [1.165, 1.54) is 30.7 Å². The van der Waals surface area contributed by atoms with E-state index in [1.54, 1.807) is 0 Å². The second-order valence-electron chi connectivity index (χ2n) is 5.64. The number of halogens is 2. The molecule has 9 heteroatoms. The molecule has 0 atom stereocenters. The van der Waals surface area contributed by atoms with Crippen molar-refractivity contribution in [1.29, 1.82) is 0 Å². The zero-order valence-electron chi connectivity index (χ0n) is 13.5. The van der Waals surface area contributed by atoms with E-state index in [2.05, 4.69) is 20.4 Å². The number of hydrogen-bond donors (Lipinski definition) is 1. The summed E-state index contributed by atoms with van der Waals surface area (Å²) in [5, 5.41) is 10.5. The maximum absolute atomic E-state index is 13.5. The van der Waals surface area contributed by atoms with Gasteiger partial charge in [-0.05, 0) is 38.1 Å². The van der Waals surface area contributed by atoms with Gasteiger partial charge in [0.25, 0.3) is 11.1 Å². The number of thioether (sulfide) groups is 1. The summed E-state index contributed by atoms with van der Waals surface area (Å²) in [7, 11) is 0. The summed E-state index contributed by atoms with van der Waals surface area (Å²) >= 11 is 1.45. The Bertz CT molecular complexity index is 714. The first-order valence-corrected chi connectivity index (χ1v) is 9.02. The van der Waals surface area contributed by atoms with E-state index in [0.717, 1.165) is 37.5 Å².